The van der Waals surface area contributed by atoms with Gasteiger partial charge in [0.1, 0.15) is 16.3 Å². The number of benzene rings is 2. The fourth-order valence-electron chi connectivity index (χ4n) is 3.26. The third-order valence-electron chi connectivity index (χ3n) is 4.89. The van der Waals surface area contributed by atoms with E-state index in [1.807, 2.05) is 6.07 Å². The lowest BCUT2D eigenvalue weighted by Crippen LogP contribution is -2.33. The lowest BCUT2D eigenvalue weighted by atomic mass is 10.1. The molecule has 2 aromatic carbocycles. The van der Waals surface area contributed by atoms with Gasteiger partial charge >= 0.3 is 6.18 Å². The number of nitrogens with zero attached hydrogens (tertiary/aromatic N) is 2. The summed E-state index contributed by atoms with van der Waals surface area (Å²) in [6.45, 7) is 0.0333. The molecule has 0 unspecified atom stereocenters. The van der Waals surface area contributed by atoms with Crippen molar-refractivity contribution in [3.8, 4) is 11.8 Å². The van der Waals surface area contributed by atoms with Crippen molar-refractivity contribution in [2.24, 2.45) is 0 Å². The maximum atomic E-state index is 13.2. The molecule has 0 atom stereocenters. The highest BCUT2D eigenvalue weighted by molar-refractivity contribution is 7.71. The molecule has 0 saturated heterocycles. The van der Waals surface area contributed by atoms with Gasteiger partial charge in [-0.1, -0.05) is 30.3 Å². The average molecular weight is 489 g/mol. The number of pyridine rings is 1. The van der Waals surface area contributed by atoms with Crippen molar-refractivity contribution in [1.82, 2.24) is 9.88 Å². The van der Waals surface area contributed by atoms with E-state index in [0.717, 1.165) is 22.8 Å². The highest BCUT2D eigenvalue weighted by atomic mass is 32.2. The zero-order valence-corrected chi connectivity index (χ0v) is 18.4. The molecule has 0 aliphatic carbocycles. The van der Waals surface area contributed by atoms with E-state index in [0.29, 0.717) is 11.1 Å². The van der Waals surface area contributed by atoms with Crippen LogP contribution in [-0.2, 0) is 35.6 Å². The van der Waals surface area contributed by atoms with Gasteiger partial charge in [-0.05, 0) is 41.5 Å². The van der Waals surface area contributed by atoms with Crippen molar-refractivity contribution in [3.63, 3.8) is 0 Å². The van der Waals surface area contributed by atoms with Crippen LogP contribution < -0.4 is 10.9 Å². The Labute approximate surface area is 194 Å². The summed E-state index contributed by atoms with van der Waals surface area (Å²) >= 11 is 0. The van der Waals surface area contributed by atoms with Crippen molar-refractivity contribution >= 4 is 16.6 Å². The van der Waals surface area contributed by atoms with Crippen LogP contribution in [0.25, 0.3) is 5.69 Å². The number of rotatable bonds is 7. The Kier molecular flexibility index (Phi) is 7.53. The summed E-state index contributed by atoms with van der Waals surface area (Å²) in [5.74, 6) is -0.854. The predicted molar refractivity (Wildman–Crippen MR) is 118 cm³/mol. The van der Waals surface area contributed by atoms with Gasteiger partial charge in [0.15, 0.2) is 0 Å². The van der Waals surface area contributed by atoms with Crippen molar-refractivity contribution in [3.05, 3.63) is 99.0 Å². The molecule has 0 spiro atoms. The highest BCUT2D eigenvalue weighted by Gasteiger charge is 2.31. The Hall–Kier alpha value is -3.91. The number of nitriles is 1. The van der Waals surface area contributed by atoms with Gasteiger partial charge in [0.25, 0.3) is 11.5 Å². The van der Waals surface area contributed by atoms with Crippen molar-refractivity contribution in [2.75, 3.05) is 0 Å². The van der Waals surface area contributed by atoms with Crippen LogP contribution in [0.4, 0.5) is 13.2 Å². The summed E-state index contributed by atoms with van der Waals surface area (Å²) < 4.78 is 62.0. The number of hydrogen-bond donors (Lipinski definition) is 2. The summed E-state index contributed by atoms with van der Waals surface area (Å²) in [6, 6.07) is 15.0. The van der Waals surface area contributed by atoms with Crippen molar-refractivity contribution in [1.29, 1.82) is 5.26 Å². The summed E-state index contributed by atoms with van der Waals surface area (Å²) in [5.41, 5.74) is -0.888. The monoisotopic (exact) mass is 489 g/mol. The molecule has 3 aromatic rings. The molecule has 0 saturated carbocycles. The molecule has 34 heavy (non-hydrogen) atoms. The van der Waals surface area contributed by atoms with Gasteiger partial charge < -0.3 is 5.32 Å². The summed E-state index contributed by atoms with van der Waals surface area (Å²) in [4.78, 5) is 25.8. The molecule has 176 valence electrons. The quantitative estimate of drug-likeness (QED) is 0.496. The van der Waals surface area contributed by atoms with Crippen molar-refractivity contribution < 1.29 is 26.4 Å². The molecule has 0 aliphatic heterocycles. The Balaban J connectivity index is 1.90. The molecule has 1 amide bonds. The average Bonchev–Trinajstić information content (AvgIpc) is 2.78. The van der Waals surface area contributed by atoms with Crippen LogP contribution in [0.2, 0.25) is 0 Å². The summed E-state index contributed by atoms with van der Waals surface area (Å²) in [7, 11) is -2.56. The van der Waals surface area contributed by atoms with E-state index in [2.05, 4.69) is 5.32 Å². The van der Waals surface area contributed by atoms with Crippen LogP contribution >= 0.6 is 0 Å². The first-order valence-corrected chi connectivity index (χ1v) is 11.2. The van der Waals surface area contributed by atoms with E-state index in [4.69, 9.17) is 5.26 Å². The molecule has 7 nitrogen and oxygen atoms in total. The minimum absolute atomic E-state index is 0.0333. The Morgan fingerprint density at radius 2 is 1.71 bits per heavy atom. The standard InChI is InChI=1S/C23H18F3N3O4S/c24-23(25,26)17-2-1-3-19(12-17)29-18(10-11-27)8-9-20(22(29)31)21(30)28-13-15-4-6-16(7-5-15)14-34(32)33/h1-9,12,34H,10,13-14H2,(H,28,30). The van der Waals surface area contributed by atoms with Crippen LogP contribution in [0, 0.1) is 11.3 Å². The van der Waals surface area contributed by atoms with Crippen LogP contribution in [0.1, 0.15) is 32.7 Å². The normalized spacial score (nSPS) is 11.3. The third-order valence-corrected chi connectivity index (χ3v) is 5.51. The predicted octanol–water partition coefficient (Wildman–Crippen LogP) is 2.96. The van der Waals surface area contributed by atoms with Crippen molar-refractivity contribution in [2.45, 2.75) is 24.9 Å². The maximum Gasteiger partial charge on any atom is 0.416 e. The Morgan fingerprint density at radius 3 is 2.32 bits per heavy atom. The molecular weight excluding hydrogens is 471 g/mol. The first kappa shape index (κ1) is 24.7. The Morgan fingerprint density at radius 1 is 1.03 bits per heavy atom. The molecule has 1 heterocycles. The van der Waals surface area contributed by atoms with Gasteiger partial charge in [-0.25, -0.2) is 8.42 Å². The molecule has 0 radical (unpaired) electrons. The second-order valence-corrected chi connectivity index (χ2v) is 8.23. The van der Waals surface area contributed by atoms with E-state index < -0.39 is 33.9 Å². The molecule has 1 N–H and O–H groups in total. The van der Waals surface area contributed by atoms with E-state index in [1.165, 1.54) is 18.2 Å². The van der Waals surface area contributed by atoms with Crippen LogP contribution in [0.5, 0.6) is 0 Å². The topological polar surface area (TPSA) is 109 Å². The number of carbonyl (C=O) groups is 1. The number of carbonyl (C=O) groups excluding carboxylic acids is 1. The Bertz CT molecular complexity index is 1380. The zero-order chi connectivity index (χ0) is 24.9. The minimum atomic E-state index is -4.64. The number of nitrogens with one attached hydrogen (secondary N) is 1. The number of alkyl halides is 3. The van der Waals surface area contributed by atoms with Crippen LogP contribution in [0.15, 0.2) is 65.5 Å². The fraction of sp³-hybridized carbons (Fsp3) is 0.174. The number of thiol groups is 1. The molecule has 0 aliphatic rings. The SMILES string of the molecule is N#CCc1ccc(C(=O)NCc2ccc(C[SH](=O)=O)cc2)c(=O)n1-c1cccc(C(F)(F)F)c1. The van der Waals surface area contributed by atoms with Crippen LogP contribution in [0.3, 0.4) is 0 Å². The number of aromatic nitrogens is 1. The van der Waals surface area contributed by atoms with Gasteiger partial charge in [-0.2, -0.15) is 18.4 Å². The lowest BCUT2D eigenvalue weighted by Gasteiger charge is -2.15. The number of halogens is 3. The lowest BCUT2D eigenvalue weighted by molar-refractivity contribution is -0.137. The molecular formula is C23H18F3N3O4S. The molecule has 0 fully saturated rings. The highest BCUT2D eigenvalue weighted by Crippen LogP contribution is 2.30. The minimum Gasteiger partial charge on any atom is -0.348 e. The fourth-order valence-corrected chi connectivity index (χ4v) is 3.77. The number of hydrogen-bond acceptors (Lipinski definition) is 5. The van der Waals surface area contributed by atoms with E-state index in [-0.39, 0.29) is 35.7 Å². The maximum absolute atomic E-state index is 13.2. The zero-order valence-electron chi connectivity index (χ0n) is 17.5. The molecule has 0 bridgehead atoms. The van der Waals surface area contributed by atoms with E-state index >= 15 is 0 Å². The largest absolute Gasteiger partial charge is 0.416 e. The third kappa shape index (κ3) is 5.90. The van der Waals surface area contributed by atoms with Gasteiger partial charge in [0, 0.05) is 17.9 Å². The van der Waals surface area contributed by atoms with E-state index in [1.54, 1.807) is 24.3 Å². The van der Waals surface area contributed by atoms with E-state index in [9.17, 15) is 31.2 Å². The summed E-state index contributed by atoms with van der Waals surface area (Å²) in [5, 5.41) is 11.6. The molecule has 1 aromatic heterocycles. The van der Waals surface area contributed by atoms with Gasteiger partial charge in [0.2, 0.25) is 0 Å². The molecule has 11 heteroatoms. The second kappa shape index (κ2) is 10.4. The van der Waals surface area contributed by atoms with Gasteiger partial charge in [-0.3, -0.25) is 14.2 Å². The number of amides is 1. The summed E-state index contributed by atoms with van der Waals surface area (Å²) in [6.07, 6.45) is -4.89. The molecule has 3 rings (SSSR count). The second-order valence-electron chi connectivity index (χ2n) is 7.25. The van der Waals surface area contributed by atoms with Crippen LogP contribution in [-0.4, -0.2) is 18.9 Å². The van der Waals surface area contributed by atoms with Gasteiger partial charge in [0.05, 0.1) is 23.8 Å². The smallest absolute Gasteiger partial charge is 0.348 e. The van der Waals surface area contributed by atoms with Gasteiger partial charge in [-0.15, -0.1) is 0 Å². The first-order valence-electron chi connectivity index (χ1n) is 9.87. The first-order chi connectivity index (χ1) is 16.1.